The van der Waals surface area contributed by atoms with Crippen LogP contribution in [0.2, 0.25) is 0 Å². The molecule has 0 saturated carbocycles. The van der Waals surface area contributed by atoms with Crippen molar-refractivity contribution in [1.82, 2.24) is 0 Å². The highest BCUT2D eigenvalue weighted by atomic mass is 31.2. The van der Waals surface area contributed by atoms with E-state index in [0.29, 0.717) is 0 Å². The Bertz CT molecular complexity index is 213. The first-order valence-corrected chi connectivity index (χ1v) is 5.66. The van der Waals surface area contributed by atoms with Crippen molar-refractivity contribution in [1.29, 1.82) is 0 Å². The minimum absolute atomic E-state index is 0.169. The van der Waals surface area contributed by atoms with Crippen LogP contribution in [0, 0.1) is 0 Å². The minimum atomic E-state index is -4.15. The summed E-state index contributed by atoms with van der Waals surface area (Å²) < 4.78 is 20.3. The summed E-state index contributed by atoms with van der Waals surface area (Å²) in [7, 11) is -4.15. The van der Waals surface area contributed by atoms with Gasteiger partial charge >= 0.3 is 7.60 Å². The molecule has 13 heavy (non-hydrogen) atoms. The van der Waals surface area contributed by atoms with E-state index in [2.05, 4.69) is 0 Å². The Morgan fingerprint density at radius 2 is 2.23 bits per heavy atom. The normalized spacial score (nSPS) is 35.2. The summed E-state index contributed by atoms with van der Waals surface area (Å²) in [5, 5.41) is 9.35. The molecule has 1 saturated heterocycles. The van der Waals surface area contributed by atoms with Crippen molar-refractivity contribution in [2.75, 3.05) is 13.0 Å². The van der Waals surface area contributed by atoms with E-state index in [4.69, 9.17) is 19.3 Å². The van der Waals surface area contributed by atoms with E-state index >= 15 is 0 Å². The van der Waals surface area contributed by atoms with Crippen molar-refractivity contribution in [3.8, 4) is 0 Å². The number of hydrogen-bond acceptors (Lipinski definition) is 4. The standard InChI is InChI=1S/C6H13O6P/c1-4-6(7)5(2-11-4)12-3-13(8,9)10/h4-7H,2-3H2,1H3,(H2,8,9,10)/t4?,5-,6-/m0/s1. The van der Waals surface area contributed by atoms with Crippen LogP contribution in [-0.4, -0.2) is 46.2 Å². The molecule has 1 unspecified atom stereocenters. The molecule has 0 aliphatic carbocycles. The molecule has 0 aromatic heterocycles. The average Bonchev–Trinajstić information content (AvgIpc) is 2.29. The highest BCUT2D eigenvalue weighted by molar-refractivity contribution is 7.51. The fourth-order valence-electron chi connectivity index (χ4n) is 1.09. The van der Waals surface area contributed by atoms with Crippen molar-refractivity contribution < 1.29 is 28.9 Å². The van der Waals surface area contributed by atoms with E-state index in [1.54, 1.807) is 6.92 Å². The Labute approximate surface area is 75.6 Å². The summed E-state index contributed by atoms with van der Waals surface area (Å²) in [6.45, 7) is 1.84. The molecule has 1 heterocycles. The van der Waals surface area contributed by atoms with Gasteiger partial charge in [0.1, 0.15) is 18.6 Å². The zero-order valence-corrected chi connectivity index (χ0v) is 8.05. The smallest absolute Gasteiger partial charge is 0.350 e. The summed E-state index contributed by atoms with van der Waals surface area (Å²) in [4.78, 5) is 17.0. The van der Waals surface area contributed by atoms with Gasteiger partial charge in [0.15, 0.2) is 0 Å². The Balaban J connectivity index is 2.35. The molecule has 1 aliphatic heterocycles. The quantitative estimate of drug-likeness (QED) is 0.534. The van der Waals surface area contributed by atoms with Gasteiger partial charge in [0.05, 0.1) is 12.7 Å². The second-order valence-corrected chi connectivity index (χ2v) is 4.62. The van der Waals surface area contributed by atoms with Gasteiger partial charge in [0.2, 0.25) is 0 Å². The largest absolute Gasteiger partial charge is 0.388 e. The second-order valence-electron chi connectivity index (χ2n) is 3.03. The molecule has 0 aromatic carbocycles. The van der Waals surface area contributed by atoms with Crippen LogP contribution in [0.5, 0.6) is 0 Å². The minimum Gasteiger partial charge on any atom is -0.388 e. The van der Waals surface area contributed by atoms with Crippen molar-refractivity contribution in [2.45, 2.75) is 25.2 Å². The molecule has 0 bridgehead atoms. The van der Waals surface area contributed by atoms with Gasteiger partial charge in [-0.1, -0.05) is 0 Å². The lowest BCUT2D eigenvalue weighted by Crippen LogP contribution is -2.30. The lowest BCUT2D eigenvalue weighted by Gasteiger charge is -2.15. The van der Waals surface area contributed by atoms with Crippen LogP contribution >= 0.6 is 7.60 Å². The van der Waals surface area contributed by atoms with Crippen molar-refractivity contribution >= 4 is 7.60 Å². The van der Waals surface area contributed by atoms with Gasteiger partial charge < -0.3 is 24.4 Å². The van der Waals surface area contributed by atoms with Gasteiger partial charge in [-0.15, -0.1) is 0 Å². The topological polar surface area (TPSA) is 96.2 Å². The summed E-state index contributed by atoms with van der Waals surface area (Å²) in [6, 6.07) is 0. The molecule has 7 heteroatoms. The molecular formula is C6H13O6P. The highest BCUT2D eigenvalue weighted by Crippen LogP contribution is 2.35. The van der Waals surface area contributed by atoms with Crippen molar-refractivity contribution in [2.24, 2.45) is 0 Å². The molecule has 0 aromatic rings. The highest BCUT2D eigenvalue weighted by Gasteiger charge is 2.34. The molecule has 1 aliphatic rings. The molecule has 0 spiro atoms. The maximum atomic E-state index is 10.4. The van der Waals surface area contributed by atoms with Crippen LogP contribution in [0.4, 0.5) is 0 Å². The van der Waals surface area contributed by atoms with E-state index in [-0.39, 0.29) is 12.7 Å². The third kappa shape index (κ3) is 3.34. The summed E-state index contributed by atoms with van der Waals surface area (Å²) in [5.41, 5.74) is 0. The summed E-state index contributed by atoms with van der Waals surface area (Å²) in [5.74, 6) is 0. The van der Waals surface area contributed by atoms with Gasteiger partial charge in [0, 0.05) is 0 Å². The Morgan fingerprint density at radius 3 is 2.62 bits per heavy atom. The molecule has 6 nitrogen and oxygen atoms in total. The number of rotatable bonds is 3. The first kappa shape index (κ1) is 11.1. The summed E-state index contributed by atoms with van der Waals surface area (Å²) >= 11 is 0. The zero-order chi connectivity index (χ0) is 10.1. The average molecular weight is 212 g/mol. The van der Waals surface area contributed by atoms with Crippen LogP contribution in [0.15, 0.2) is 0 Å². The van der Waals surface area contributed by atoms with Crippen LogP contribution < -0.4 is 0 Å². The van der Waals surface area contributed by atoms with Crippen molar-refractivity contribution in [3.63, 3.8) is 0 Å². The Kier molecular flexibility index (Phi) is 3.45. The third-order valence-electron chi connectivity index (χ3n) is 1.84. The van der Waals surface area contributed by atoms with Crippen LogP contribution in [0.25, 0.3) is 0 Å². The van der Waals surface area contributed by atoms with E-state index in [0.717, 1.165) is 0 Å². The molecule has 1 rings (SSSR count). The predicted molar refractivity (Wildman–Crippen MR) is 43.2 cm³/mol. The maximum Gasteiger partial charge on any atom is 0.350 e. The predicted octanol–water partition coefficient (Wildman–Crippen LogP) is -0.714. The second kappa shape index (κ2) is 4.04. The van der Waals surface area contributed by atoms with Gasteiger partial charge in [-0.25, -0.2) is 0 Å². The summed E-state index contributed by atoms with van der Waals surface area (Å²) in [6.07, 6.45) is -2.47. The molecule has 78 valence electrons. The molecule has 0 radical (unpaired) electrons. The first-order chi connectivity index (χ1) is 5.90. The zero-order valence-electron chi connectivity index (χ0n) is 7.16. The Morgan fingerprint density at radius 1 is 1.62 bits per heavy atom. The van der Waals surface area contributed by atoms with Gasteiger partial charge in [-0.3, -0.25) is 4.57 Å². The molecule has 0 amide bonds. The third-order valence-corrected chi connectivity index (χ3v) is 2.33. The monoisotopic (exact) mass is 212 g/mol. The number of aliphatic hydroxyl groups is 1. The number of aliphatic hydroxyl groups excluding tert-OH is 1. The SMILES string of the molecule is CC1OC[C@H](OCP(=O)(O)O)[C@H]1O. The van der Waals surface area contributed by atoms with Crippen LogP contribution in [0.1, 0.15) is 6.92 Å². The molecule has 1 fully saturated rings. The van der Waals surface area contributed by atoms with E-state index in [9.17, 15) is 9.67 Å². The molecular weight excluding hydrogens is 199 g/mol. The number of hydrogen-bond donors (Lipinski definition) is 3. The van der Waals surface area contributed by atoms with Crippen molar-refractivity contribution in [3.05, 3.63) is 0 Å². The Hall–Kier alpha value is 0.0300. The van der Waals surface area contributed by atoms with E-state index < -0.39 is 26.2 Å². The van der Waals surface area contributed by atoms with Crippen LogP contribution in [0.3, 0.4) is 0 Å². The van der Waals surface area contributed by atoms with Gasteiger partial charge in [-0.2, -0.15) is 0 Å². The number of ether oxygens (including phenoxy) is 2. The van der Waals surface area contributed by atoms with Gasteiger partial charge in [0.25, 0.3) is 0 Å². The molecule has 3 N–H and O–H groups in total. The van der Waals surface area contributed by atoms with E-state index in [1.807, 2.05) is 0 Å². The van der Waals surface area contributed by atoms with Gasteiger partial charge in [-0.05, 0) is 6.92 Å². The lowest BCUT2D eigenvalue weighted by molar-refractivity contribution is -0.00275. The lowest BCUT2D eigenvalue weighted by atomic mass is 10.2. The maximum absolute atomic E-state index is 10.4. The fourth-order valence-corrected chi connectivity index (χ4v) is 1.47. The first-order valence-electron chi connectivity index (χ1n) is 3.86. The molecule has 3 atom stereocenters. The van der Waals surface area contributed by atoms with E-state index in [1.165, 1.54) is 0 Å². The van der Waals surface area contributed by atoms with Crippen LogP contribution in [-0.2, 0) is 14.0 Å². The fraction of sp³-hybridized carbons (Fsp3) is 1.00.